The molecule has 2 aliphatic carbocycles. The van der Waals surface area contributed by atoms with Gasteiger partial charge in [0.15, 0.2) is 0 Å². The Kier molecular flexibility index (Phi) is 3.57. The fraction of sp³-hybridized carbons (Fsp3) is 0.391. The zero-order valence-corrected chi connectivity index (χ0v) is 18.0. The van der Waals surface area contributed by atoms with E-state index < -0.39 is 50.2 Å². The van der Waals surface area contributed by atoms with Crippen LogP contribution in [0.25, 0.3) is 0 Å². The minimum atomic E-state index is -5.48. The largest absolute Gasteiger partial charge is 0.380 e. The summed E-state index contributed by atoms with van der Waals surface area (Å²) in [5.74, 6) is -17.8. The molecule has 8 heteroatoms. The van der Waals surface area contributed by atoms with Gasteiger partial charge in [-0.2, -0.15) is 26.3 Å². The maximum Gasteiger partial charge on any atom is 0.380 e. The SMILES string of the molecule is CC12Sc3ccccc3C1C1=C(C3c4ccccc4S[C@]32C)C(F)(F)C(F)(F)C1(F)F. The highest BCUT2D eigenvalue weighted by atomic mass is 32.2. The smallest absolute Gasteiger partial charge is 0.194 e. The molecule has 31 heavy (non-hydrogen) atoms. The number of allylic oxidation sites excluding steroid dienone is 2. The summed E-state index contributed by atoms with van der Waals surface area (Å²) in [6.45, 7) is 3.53. The second-order valence-electron chi connectivity index (χ2n) is 8.91. The molecule has 2 aromatic rings. The lowest BCUT2D eigenvalue weighted by molar-refractivity contribution is -0.266. The first-order valence-corrected chi connectivity index (χ1v) is 11.5. The van der Waals surface area contributed by atoms with Crippen LogP contribution in [0.15, 0.2) is 69.5 Å². The number of halogens is 6. The predicted molar refractivity (Wildman–Crippen MR) is 109 cm³/mol. The normalized spacial score (nSPS) is 37.7. The maximum absolute atomic E-state index is 15.3. The minimum Gasteiger partial charge on any atom is -0.194 e. The molecule has 2 heterocycles. The molecular formula is C23H16F6S2. The monoisotopic (exact) mass is 470 g/mol. The van der Waals surface area contributed by atoms with E-state index in [0.29, 0.717) is 20.9 Å². The highest BCUT2D eigenvalue weighted by Gasteiger charge is 2.86. The third-order valence-electron chi connectivity index (χ3n) is 7.52. The van der Waals surface area contributed by atoms with Gasteiger partial charge in [-0.15, -0.1) is 23.5 Å². The first-order chi connectivity index (χ1) is 14.4. The molecular weight excluding hydrogens is 454 g/mol. The van der Waals surface area contributed by atoms with Crippen molar-refractivity contribution in [3.63, 3.8) is 0 Å². The molecule has 2 aliphatic heterocycles. The van der Waals surface area contributed by atoms with Crippen molar-refractivity contribution in [1.29, 1.82) is 0 Å². The second kappa shape index (κ2) is 5.50. The molecule has 3 unspecified atom stereocenters. The van der Waals surface area contributed by atoms with Gasteiger partial charge in [-0.05, 0) is 37.1 Å². The molecule has 162 valence electrons. The second-order valence-corrected chi connectivity index (χ2v) is 11.9. The summed E-state index contributed by atoms with van der Waals surface area (Å²) in [7, 11) is 0. The van der Waals surface area contributed by atoms with Crippen LogP contribution < -0.4 is 0 Å². The van der Waals surface area contributed by atoms with E-state index in [0.717, 1.165) is 0 Å². The van der Waals surface area contributed by atoms with Crippen LogP contribution in [0.1, 0.15) is 36.8 Å². The Hall–Kier alpha value is -1.54. The van der Waals surface area contributed by atoms with E-state index in [1.54, 1.807) is 62.4 Å². The van der Waals surface area contributed by atoms with Crippen molar-refractivity contribution in [3.8, 4) is 0 Å². The lowest BCUT2D eigenvalue weighted by atomic mass is 9.60. The van der Waals surface area contributed by atoms with Gasteiger partial charge in [0.05, 0.1) is 0 Å². The van der Waals surface area contributed by atoms with Crippen molar-refractivity contribution in [2.45, 2.75) is 62.7 Å². The van der Waals surface area contributed by atoms with Crippen LogP contribution in [-0.4, -0.2) is 27.3 Å². The Labute approximate surface area is 183 Å². The minimum absolute atomic E-state index is 0.423. The molecule has 4 aliphatic rings. The number of rotatable bonds is 0. The van der Waals surface area contributed by atoms with Crippen molar-refractivity contribution >= 4 is 23.5 Å². The van der Waals surface area contributed by atoms with Crippen molar-refractivity contribution in [3.05, 3.63) is 70.8 Å². The van der Waals surface area contributed by atoms with Crippen LogP contribution in [0.4, 0.5) is 26.3 Å². The molecule has 6 rings (SSSR count). The van der Waals surface area contributed by atoms with E-state index in [9.17, 15) is 8.78 Å². The van der Waals surface area contributed by atoms with Gasteiger partial charge < -0.3 is 0 Å². The first kappa shape index (κ1) is 20.1. The summed E-state index contributed by atoms with van der Waals surface area (Å²) in [5, 5.41) is 0. The number of benzene rings is 2. The maximum atomic E-state index is 15.3. The molecule has 0 radical (unpaired) electrons. The predicted octanol–water partition coefficient (Wildman–Crippen LogP) is 7.51. The van der Waals surface area contributed by atoms with E-state index in [4.69, 9.17) is 0 Å². The molecule has 0 N–H and O–H groups in total. The highest BCUT2D eigenvalue weighted by molar-refractivity contribution is 8.05. The van der Waals surface area contributed by atoms with Crippen molar-refractivity contribution < 1.29 is 26.3 Å². The van der Waals surface area contributed by atoms with Crippen LogP contribution in [0, 0.1) is 0 Å². The van der Waals surface area contributed by atoms with Gasteiger partial charge in [0.2, 0.25) is 0 Å². The van der Waals surface area contributed by atoms with E-state index in [2.05, 4.69) is 0 Å². The Morgan fingerprint density at radius 1 is 0.613 bits per heavy atom. The summed E-state index contributed by atoms with van der Waals surface area (Å²) in [5.41, 5.74) is -1.32. The summed E-state index contributed by atoms with van der Waals surface area (Å²) in [6, 6.07) is 13.5. The van der Waals surface area contributed by atoms with Crippen LogP contribution in [-0.2, 0) is 0 Å². The average molecular weight is 471 g/mol. The molecule has 0 saturated heterocycles. The van der Waals surface area contributed by atoms with Crippen molar-refractivity contribution in [2.24, 2.45) is 0 Å². The van der Waals surface area contributed by atoms with Crippen LogP contribution in [0.2, 0.25) is 0 Å². The zero-order chi connectivity index (χ0) is 22.2. The number of fused-ring (bicyclic) bond motifs is 9. The highest BCUT2D eigenvalue weighted by Crippen LogP contribution is 2.80. The first-order valence-electron chi connectivity index (χ1n) is 9.84. The molecule has 0 saturated carbocycles. The number of thioether (sulfide) groups is 2. The number of hydrogen-bond donors (Lipinski definition) is 0. The lowest BCUT2D eigenvalue weighted by Gasteiger charge is -2.52. The summed E-state index contributed by atoms with van der Waals surface area (Å²) >= 11 is 2.68. The van der Waals surface area contributed by atoms with Crippen LogP contribution in [0.3, 0.4) is 0 Å². The Bertz CT molecular complexity index is 1100. The van der Waals surface area contributed by atoms with Gasteiger partial charge in [-0.3, -0.25) is 0 Å². The van der Waals surface area contributed by atoms with Crippen LogP contribution >= 0.6 is 23.5 Å². The van der Waals surface area contributed by atoms with E-state index >= 15 is 17.6 Å². The quantitative estimate of drug-likeness (QED) is 0.289. The van der Waals surface area contributed by atoms with Gasteiger partial charge in [0.1, 0.15) is 0 Å². The fourth-order valence-electron chi connectivity index (χ4n) is 5.98. The van der Waals surface area contributed by atoms with Crippen molar-refractivity contribution in [1.82, 2.24) is 0 Å². The molecule has 4 atom stereocenters. The van der Waals surface area contributed by atoms with E-state index in [1.807, 2.05) is 0 Å². The molecule has 0 nitrogen and oxygen atoms in total. The molecule has 0 bridgehead atoms. The Morgan fingerprint density at radius 3 is 1.35 bits per heavy atom. The Balaban J connectivity index is 1.76. The van der Waals surface area contributed by atoms with Gasteiger partial charge in [-0.25, -0.2) is 0 Å². The van der Waals surface area contributed by atoms with Gasteiger partial charge in [0, 0.05) is 42.3 Å². The topological polar surface area (TPSA) is 0 Å². The van der Waals surface area contributed by atoms with E-state index in [1.165, 1.54) is 23.5 Å². The van der Waals surface area contributed by atoms with Gasteiger partial charge in [0.25, 0.3) is 0 Å². The van der Waals surface area contributed by atoms with Gasteiger partial charge in [-0.1, -0.05) is 36.4 Å². The molecule has 2 aromatic carbocycles. The van der Waals surface area contributed by atoms with Crippen LogP contribution in [0.5, 0.6) is 0 Å². The molecule has 0 amide bonds. The summed E-state index contributed by atoms with van der Waals surface area (Å²) in [6.07, 6.45) is 0. The zero-order valence-electron chi connectivity index (χ0n) is 16.4. The Morgan fingerprint density at radius 2 is 0.968 bits per heavy atom. The average Bonchev–Trinajstić information content (AvgIpc) is 3.21. The molecule has 0 fully saturated rings. The summed E-state index contributed by atoms with van der Waals surface area (Å²) in [4.78, 5) is 1.35. The molecule has 0 aromatic heterocycles. The number of alkyl halides is 6. The van der Waals surface area contributed by atoms with E-state index in [-0.39, 0.29) is 0 Å². The lowest BCUT2D eigenvalue weighted by Crippen LogP contribution is -2.54. The number of hydrogen-bond acceptors (Lipinski definition) is 2. The third-order valence-corrected chi connectivity index (χ3v) is 11.0. The van der Waals surface area contributed by atoms with Gasteiger partial charge >= 0.3 is 17.8 Å². The summed E-state index contributed by atoms with van der Waals surface area (Å²) < 4.78 is 88.7. The standard InChI is InChI=1S/C23H16F6S2/c1-19-15(11-7-3-5-9-13(11)30-19)17-18(22(26,27)23(28,29)21(17,24)25)16-12-8-4-6-10-14(12)31-20(16,19)2/h3-10,15-16H,1-2H3/t15?,16?,19-,20?/m1/s1. The fourth-order valence-corrected chi connectivity index (χ4v) is 9.41. The van der Waals surface area contributed by atoms with Crippen molar-refractivity contribution in [2.75, 3.05) is 0 Å². The molecule has 0 spiro atoms. The third kappa shape index (κ3) is 1.94.